The van der Waals surface area contributed by atoms with Crippen LogP contribution in [0.4, 0.5) is 5.69 Å². The number of nitro groups is 1. The van der Waals surface area contributed by atoms with Gasteiger partial charge in [-0.25, -0.2) is 4.98 Å². The zero-order valence-electron chi connectivity index (χ0n) is 15.6. The van der Waals surface area contributed by atoms with E-state index in [4.69, 9.17) is 0 Å². The average molecular weight is 422 g/mol. The summed E-state index contributed by atoms with van der Waals surface area (Å²) in [5, 5.41) is 20.6. The number of carbonyl (C=O) groups is 1. The third-order valence-electron chi connectivity index (χ3n) is 4.29. The summed E-state index contributed by atoms with van der Waals surface area (Å²) >= 11 is 1.14. The van der Waals surface area contributed by atoms with Crippen molar-refractivity contribution < 1.29 is 9.72 Å². The lowest BCUT2D eigenvalue weighted by Gasteiger charge is -2.20. The second-order valence-corrected chi connectivity index (χ2v) is 7.21. The number of non-ortho nitro benzene ring substituents is 1. The van der Waals surface area contributed by atoms with Crippen molar-refractivity contribution in [2.24, 2.45) is 10.2 Å². The maximum Gasteiger partial charge on any atom is 0.280 e. The molecule has 3 aromatic rings. The molecule has 1 aromatic heterocycles. The van der Waals surface area contributed by atoms with Crippen LogP contribution in [0.3, 0.4) is 0 Å². The van der Waals surface area contributed by atoms with Crippen LogP contribution in [0.5, 0.6) is 0 Å². The SMILES string of the molecule is Cc1nc2ccccc2c(=O)n1N1C(=O)CS/C1=N\N=C\c1cccc([N+](=O)[O-])c1. The number of fused-ring (bicyclic) bond motifs is 1. The number of amidine groups is 1. The number of benzene rings is 2. The van der Waals surface area contributed by atoms with Gasteiger partial charge < -0.3 is 0 Å². The van der Waals surface area contributed by atoms with Gasteiger partial charge in [-0.1, -0.05) is 36.0 Å². The molecule has 2 aromatic carbocycles. The van der Waals surface area contributed by atoms with Gasteiger partial charge in [0, 0.05) is 17.7 Å². The van der Waals surface area contributed by atoms with Gasteiger partial charge >= 0.3 is 0 Å². The van der Waals surface area contributed by atoms with Crippen LogP contribution in [0, 0.1) is 17.0 Å². The second kappa shape index (κ2) is 7.87. The molecule has 4 rings (SSSR count). The molecular weight excluding hydrogens is 408 g/mol. The average Bonchev–Trinajstić information content (AvgIpc) is 3.08. The Morgan fingerprint density at radius 2 is 2.00 bits per heavy atom. The molecule has 0 aliphatic carbocycles. The van der Waals surface area contributed by atoms with E-state index in [1.165, 1.54) is 29.1 Å². The minimum Gasteiger partial charge on any atom is -0.272 e. The molecule has 1 amide bonds. The van der Waals surface area contributed by atoms with Crippen molar-refractivity contribution in [3.05, 3.63) is 80.4 Å². The summed E-state index contributed by atoms with van der Waals surface area (Å²) in [6.45, 7) is 1.63. The number of nitrogens with zero attached hydrogens (tertiary/aromatic N) is 6. The maximum atomic E-state index is 13.0. The lowest BCUT2D eigenvalue weighted by Crippen LogP contribution is -2.47. The Morgan fingerprint density at radius 1 is 1.20 bits per heavy atom. The summed E-state index contributed by atoms with van der Waals surface area (Å²) < 4.78 is 1.19. The highest BCUT2D eigenvalue weighted by molar-refractivity contribution is 8.15. The minimum atomic E-state index is -0.502. The van der Waals surface area contributed by atoms with E-state index in [9.17, 15) is 19.7 Å². The molecule has 1 aliphatic heterocycles. The van der Waals surface area contributed by atoms with Crippen LogP contribution in [0.2, 0.25) is 0 Å². The van der Waals surface area contributed by atoms with Gasteiger partial charge in [-0.05, 0) is 19.1 Å². The topological polar surface area (TPSA) is 123 Å². The van der Waals surface area contributed by atoms with Crippen molar-refractivity contribution in [2.75, 3.05) is 10.8 Å². The fraction of sp³-hybridized carbons (Fsp3) is 0.105. The summed E-state index contributed by atoms with van der Waals surface area (Å²) in [6, 6.07) is 12.8. The summed E-state index contributed by atoms with van der Waals surface area (Å²) in [4.78, 5) is 40.3. The van der Waals surface area contributed by atoms with Gasteiger partial charge in [-0.15, -0.1) is 5.10 Å². The molecule has 0 N–H and O–H groups in total. The van der Waals surface area contributed by atoms with E-state index in [1.54, 1.807) is 37.3 Å². The Kier molecular flexibility index (Phi) is 5.11. The van der Waals surface area contributed by atoms with Gasteiger partial charge in [0.1, 0.15) is 5.82 Å². The molecule has 150 valence electrons. The van der Waals surface area contributed by atoms with Crippen LogP contribution >= 0.6 is 11.8 Å². The molecule has 11 heteroatoms. The van der Waals surface area contributed by atoms with Gasteiger partial charge in [0.15, 0.2) is 0 Å². The molecule has 0 saturated carbocycles. The van der Waals surface area contributed by atoms with E-state index in [-0.39, 0.29) is 28.1 Å². The predicted molar refractivity (Wildman–Crippen MR) is 115 cm³/mol. The van der Waals surface area contributed by atoms with Crippen LogP contribution < -0.4 is 10.6 Å². The quantitative estimate of drug-likeness (QED) is 0.361. The molecule has 2 heterocycles. The summed E-state index contributed by atoms with van der Waals surface area (Å²) in [5.74, 6) is 0.112. The Morgan fingerprint density at radius 3 is 2.80 bits per heavy atom. The zero-order valence-corrected chi connectivity index (χ0v) is 16.4. The van der Waals surface area contributed by atoms with E-state index >= 15 is 0 Å². The number of amides is 1. The summed E-state index contributed by atoms with van der Waals surface area (Å²) in [5.41, 5.74) is 0.570. The molecule has 0 spiro atoms. The number of hydrogen-bond acceptors (Lipinski definition) is 8. The standard InChI is InChI=1S/C19H14N6O4S/c1-12-21-16-8-3-2-7-15(16)18(27)23(12)24-17(26)11-30-19(24)22-20-10-13-5-4-6-14(9-13)25(28)29/h2-10H,11H2,1H3/b20-10+,22-19-. The zero-order chi connectivity index (χ0) is 21.3. The van der Waals surface area contributed by atoms with Gasteiger partial charge in [0.05, 0.1) is 27.8 Å². The Labute approximate surface area is 173 Å². The third kappa shape index (κ3) is 3.57. The maximum absolute atomic E-state index is 13.0. The largest absolute Gasteiger partial charge is 0.280 e. The molecule has 10 nitrogen and oxygen atoms in total. The summed E-state index contributed by atoms with van der Waals surface area (Å²) in [6.07, 6.45) is 1.34. The first-order chi connectivity index (χ1) is 14.5. The lowest BCUT2D eigenvalue weighted by molar-refractivity contribution is -0.384. The van der Waals surface area contributed by atoms with Gasteiger partial charge in [-0.2, -0.15) is 14.8 Å². The van der Waals surface area contributed by atoms with E-state index in [0.29, 0.717) is 22.3 Å². The number of hydrogen-bond donors (Lipinski definition) is 0. The first-order valence-corrected chi connectivity index (χ1v) is 9.74. The van der Waals surface area contributed by atoms with Crippen LogP contribution in [0.15, 0.2) is 63.5 Å². The van der Waals surface area contributed by atoms with Crippen molar-refractivity contribution in [3.8, 4) is 0 Å². The molecule has 0 atom stereocenters. The van der Waals surface area contributed by atoms with Crippen molar-refractivity contribution >= 4 is 45.6 Å². The number of aryl methyl sites for hydroxylation is 1. The first kappa shape index (κ1) is 19.5. The number of thioether (sulfide) groups is 1. The van der Waals surface area contributed by atoms with Crippen molar-refractivity contribution in [1.82, 2.24) is 9.66 Å². The van der Waals surface area contributed by atoms with Crippen molar-refractivity contribution in [3.63, 3.8) is 0 Å². The Hall–Kier alpha value is -3.86. The fourth-order valence-electron chi connectivity index (χ4n) is 2.96. The summed E-state index contributed by atoms with van der Waals surface area (Å²) in [7, 11) is 0. The Balaban J connectivity index is 1.71. The molecule has 1 fully saturated rings. The lowest BCUT2D eigenvalue weighted by atomic mass is 10.2. The molecular formula is C19H14N6O4S. The van der Waals surface area contributed by atoms with Crippen LogP contribution in [-0.4, -0.2) is 37.6 Å². The number of carbonyl (C=O) groups excluding carboxylic acids is 1. The Bertz CT molecular complexity index is 1300. The fourth-order valence-corrected chi connectivity index (χ4v) is 3.74. The number of para-hydroxylation sites is 1. The van der Waals surface area contributed by atoms with E-state index in [0.717, 1.165) is 16.8 Å². The minimum absolute atomic E-state index is 0.0666. The van der Waals surface area contributed by atoms with Gasteiger partial charge in [-0.3, -0.25) is 19.7 Å². The second-order valence-electron chi connectivity index (χ2n) is 6.27. The highest BCUT2D eigenvalue weighted by Gasteiger charge is 2.32. The molecule has 0 radical (unpaired) electrons. The van der Waals surface area contributed by atoms with Crippen molar-refractivity contribution in [1.29, 1.82) is 0 Å². The normalized spacial score (nSPS) is 15.6. The number of nitro benzene ring substituents is 1. The highest BCUT2D eigenvalue weighted by atomic mass is 32.2. The molecule has 1 saturated heterocycles. The molecule has 30 heavy (non-hydrogen) atoms. The number of rotatable bonds is 4. The molecule has 0 bridgehead atoms. The highest BCUT2D eigenvalue weighted by Crippen LogP contribution is 2.19. The van der Waals surface area contributed by atoms with Gasteiger partial charge in [0.2, 0.25) is 5.17 Å². The van der Waals surface area contributed by atoms with E-state index < -0.39 is 4.92 Å². The third-order valence-corrected chi connectivity index (χ3v) is 5.19. The van der Waals surface area contributed by atoms with Gasteiger partial charge in [0.25, 0.3) is 17.2 Å². The van der Waals surface area contributed by atoms with Crippen molar-refractivity contribution in [2.45, 2.75) is 6.92 Å². The van der Waals surface area contributed by atoms with Crippen LogP contribution in [-0.2, 0) is 4.79 Å². The van der Waals surface area contributed by atoms with Crippen LogP contribution in [0.25, 0.3) is 10.9 Å². The van der Waals surface area contributed by atoms with E-state index in [2.05, 4.69) is 15.2 Å². The number of aromatic nitrogens is 2. The predicted octanol–water partition coefficient (Wildman–Crippen LogP) is 2.21. The molecule has 0 unspecified atom stereocenters. The molecule has 1 aliphatic rings. The van der Waals surface area contributed by atoms with E-state index in [1.807, 2.05) is 0 Å². The first-order valence-electron chi connectivity index (χ1n) is 8.75. The monoisotopic (exact) mass is 422 g/mol. The van der Waals surface area contributed by atoms with Crippen LogP contribution in [0.1, 0.15) is 11.4 Å². The smallest absolute Gasteiger partial charge is 0.272 e.